The van der Waals surface area contributed by atoms with E-state index < -0.39 is 12.0 Å². The molecule has 0 aliphatic heterocycles. The van der Waals surface area contributed by atoms with E-state index in [0.717, 1.165) is 0 Å². The molecule has 4 nitrogen and oxygen atoms in total. The first-order valence-electron chi connectivity index (χ1n) is 4.25. The van der Waals surface area contributed by atoms with Gasteiger partial charge in [-0.2, -0.15) is 0 Å². The van der Waals surface area contributed by atoms with Crippen LogP contribution in [0.25, 0.3) is 0 Å². The van der Waals surface area contributed by atoms with Crippen molar-refractivity contribution in [2.75, 3.05) is 7.11 Å². The Hall–Kier alpha value is -1.55. The summed E-state index contributed by atoms with van der Waals surface area (Å²) in [7, 11) is 1.28. The van der Waals surface area contributed by atoms with Crippen molar-refractivity contribution in [3.05, 3.63) is 29.8 Å². The van der Waals surface area contributed by atoms with E-state index in [2.05, 4.69) is 4.74 Å². The molecule has 0 aromatic heterocycles. The number of para-hydroxylation sites is 1. The number of nitrogens with two attached hydrogens (primary N) is 1. The van der Waals surface area contributed by atoms with Crippen molar-refractivity contribution in [3.63, 3.8) is 0 Å². The minimum Gasteiger partial charge on any atom is -0.508 e. The van der Waals surface area contributed by atoms with E-state index in [1.807, 2.05) is 0 Å². The number of phenols is 1. The van der Waals surface area contributed by atoms with Crippen LogP contribution in [-0.4, -0.2) is 24.2 Å². The molecule has 1 rings (SSSR count). The predicted octanol–water partition coefficient (Wildman–Crippen LogP) is 0.435. The van der Waals surface area contributed by atoms with Crippen LogP contribution in [0, 0.1) is 0 Å². The summed E-state index contributed by atoms with van der Waals surface area (Å²) in [4.78, 5) is 11.0. The summed E-state index contributed by atoms with van der Waals surface area (Å²) >= 11 is 0. The highest BCUT2D eigenvalue weighted by atomic mass is 16.5. The number of rotatable bonds is 3. The van der Waals surface area contributed by atoms with Gasteiger partial charge in [-0.05, 0) is 11.6 Å². The summed E-state index contributed by atoms with van der Waals surface area (Å²) in [5, 5.41) is 9.41. The summed E-state index contributed by atoms with van der Waals surface area (Å²) in [6.07, 6.45) is 0.277. The Bertz CT molecular complexity index is 325. The molecular formula is C10H13NO3. The van der Waals surface area contributed by atoms with Crippen molar-refractivity contribution in [2.45, 2.75) is 12.5 Å². The van der Waals surface area contributed by atoms with Gasteiger partial charge in [-0.15, -0.1) is 0 Å². The van der Waals surface area contributed by atoms with Gasteiger partial charge in [0.2, 0.25) is 0 Å². The van der Waals surface area contributed by atoms with Crippen LogP contribution < -0.4 is 5.73 Å². The highest BCUT2D eigenvalue weighted by Gasteiger charge is 2.15. The quantitative estimate of drug-likeness (QED) is 0.686. The van der Waals surface area contributed by atoms with Crippen molar-refractivity contribution >= 4 is 5.97 Å². The number of esters is 1. The maximum atomic E-state index is 11.0. The summed E-state index contributed by atoms with van der Waals surface area (Å²) in [5.41, 5.74) is 6.19. The second kappa shape index (κ2) is 4.62. The largest absolute Gasteiger partial charge is 0.508 e. The summed E-state index contributed by atoms with van der Waals surface area (Å²) < 4.78 is 4.48. The molecule has 14 heavy (non-hydrogen) atoms. The van der Waals surface area contributed by atoms with Crippen molar-refractivity contribution in [1.82, 2.24) is 0 Å². The molecule has 1 atom stereocenters. The average Bonchev–Trinajstić information content (AvgIpc) is 2.20. The minimum atomic E-state index is -0.728. The monoisotopic (exact) mass is 195 g/mol. The van der Waals surface area contributed by atoms with Crippen molar-refractivity contribution < 1.29 is 14.6 Å². The fraction of sp³-hybridized carbons (Fsp3) is 0.300. The summed E-state index contributed by atoms with van der Waals surface area (Å²) in [6, 6.07) is 6.03. The Labute approximate surface area is 82.3 Å². The zero-order valence-corrected chi connectivity index (χ0v) is 7.93. The average molecular weight is 195 g/mol. The molecule has 0 saturated carbocycles. The number of methoxy groups -OCH3 is 1. The SMILES string of the molecule is COC(=O)[C@@H](N)Cc1ccccc1O. The maximum Gasteiger partial charge on any atom is 0.322 e. The van der Waals surface area contributed by atoms with Gasteiger partial charge in [0.25, 0.3) is 0 Å². The molecule has 4 heteroatoms. The van der Waals surface area contributed by atoms with Gasteiger partial charge >= 0.3 is 5.97 Å². The first-order chi connectivity index (χ1) is 6.65. The lowest BCUT2D eigenvalue weighted by molar-refractivity contribution is -0.142. The predicted molar refractivity (Wildman–Crippen MR) is 51.8 cm³/mol. The molecule has 0 heterocycles. The van der Waals surface area contributed by atoms with Gasteiger partial charge in [-0.1, -0.05) is 18.2 Å². The van der Waals surface area contributed by atoms with E-state index in [1.54, 1.807) is 24.3 Å². The molecule has 0 amide bonds. The van der Waals surface area contributed by atoms with Crippen LogP contribution in [-0.2, 0) is 16.0 Å². The van der Waals surface area contributed by atoms with Crippen molar-refractivity contribution in [1.29, 1.82) is 0 Å². The minimum absolute atomic E-state index is 0.145. The summed E-state index contributed by atoms with van der Waals surface area (Å²) in [6.45, 7) is 0. The zero-order valence-electron chi connectivity index (χ0n) is 7.93. The Kier molecular flexibility index (Phi) is 3.48. The van der Waals surface area contributed by atoms with E-state index in [4.69, 9.17) is 5.73 Å². The number of phenolic OH excluding ortho intramolecular Hbond substituents is 1. The summed E-state index contributed by atoms with van der Waals surface area (Å²) in [5.74, 6) is -0.333. The second-order valence-electron chi connectivity index (χ2n) is 2.96. The van der Waals surface area contributed by atoms with Gasteiger partial charge in [-0.25, -0.2) is 0 Å². The molecule has 0 saturated heterocycles. The first kappa shape index (κ1) is 10.5. The van der Waals surface area contributed by atoms with Gasteiger partial charge in [0, 0.05) is 6.42 Å². The third-order valence-electron chi connectivity index (χ3n) is 1.94. The smallest absolute Gasteiger partial charge is 0.322 e. The molecule has 0 aliphatic rings. The molecule has 0 spiro atoms. The molecule has 1 aromatic rings. The number of carbonyl (C=O) groups excluding carboxylic acids is 1. The van der Waals surface area contributed by atoms with E-state index in [-0.39, 0.29) is 12.2 Å². The number of hydrogen-bond acceptors (Lipinski definition) is 4. The first-order valence-corrected chi connectivity index (χ1v) is 4.25. The highest BCUT2D eigenvalue weighted by Crippen LogP contribution is 2.16. The van der Waals surface area contributed by atoms with Gasteiger partial charge < -0.3 is 15.6 Å². The molecule has 0 unspecified atom stereocenters. The normalized spacial score (nSPS) is 12.1. The molecule has 3 N–H and O–H groups in total. The lowest BCUT2D eigenvalue weighted by Crippen LogP contribution is -2.33. The zero-order chi connectivity index (χ0) is 10.6. The lowest BCUT2D eigenvalue weighted by atomic mass is 10.1. The van der Waals surface area contributed by atoms with Crippen LogP contribution in [0.2, 0.25) is 0 Å². The van der Waals surface area contributed by atoms with Crippen LogP contribution in [0.15, 0.2) is 24.3 Å². The van der Waals surface area contributed by atoms with Crippen LogP contribution in [0.4, 0.5) is 0 Å². The number of benzene rings is 1. The van der Waals surface area contributed by atoms with Gasteiger partial charge in [0.15, 0.2) is 0 Å². The Morgan fingerprint density at radius 3 is 2.79 bits per heavy atom. The topological polar surface area (TPSA) is 72.5 Å². The molecule has 0 radical (unpaired) electrons. The molecule has 76 valence electrons. The molecule has 1 aromatic carbocycles. The van der Waals surface area contributed by atoms with Gasteiger partial charge in [0.1, 0.15) is 11.8 Å². The fourth-order valence-electron chi connectivity index (χ4n) is 1.16. The van der Waals surface area contributed by atoms with Crippen molar-refractivity contribution in [3.8, 4) is 5.75 Å². The Morgan fingerprint density at radius 2 is 2.21 bits per heavy atom. The van der Waals surface area contributed by atoms with Gasteiger partial charge in [-0.3, -0.25) is 4.79 Å². The van der Waals surface area contributed by atoms with E-state index in [9.17, 15) is 9.90 Å². The van der Waals surface area contributed by atoms with E-state index in [0.29, 0.717) is 5.56 Å². The van der Waals surface area contributed by atoms with Gasteiger partial charge in [0.05, 0.1) is 7.11 Å². The highest BCUT2D eigenvalue weighted by molar-refractivity contribution is 5.75. The number of carbonyl (C=O) groups is 1. The molecule has 0 bridgehead atoms. The van der Waals surface area contributed by atoms with Crippen LogP contribution >= 0.6 is 0 Å². The second-order valence-corrected chi connectivity index (χ2v) is 2.96. The number of aromatic hydroxyl groups is 1. The van der Waals surface area contributed by atoms with Crippen LogP contribution in [0.5, 0.6) is 5.75 Å². The fourth-order valence-corrected chi connectivity index (χ4v) is 1.16. The lowest BCUT2D eigenvalue weighted by Gasteiger charge is -2.09. The third-order valence-corrected chi connectivity index (χ3v) is 1.94. The Balaban J connectivity index is 2.69. The van der Waals surface area contributed by atoms with Crippen molar-refractivity contribution in [2.24, 2.45) is 5.73 Å². The van der Waals surface area contributed by atoms with E-state index >= 15 is 0 Å². The maximum absolute atomic E-state index is 11.0. The molecular weight excluding hydrogens is 182 g/mol. The van der Waals surface area contributed by atoms with Crippen LogP contribution in [0.3, 0.4) is 0 Å². The Morgan fingerprint density at radius 1 is 1.57 bits per heavy atom. The van der Waals surface area contributed by atoms with Crippen LogP contribution in [0.1, 0.15) is 5.56 Å². The number of hydrogen-bond donors (Lipinski definition) is 2. The third kappa shape index (κ3) is 2.47. The molecule has 0 aliphatic carbocycles. The number of ether oxygens (including phenoxy) is 1. The standard InChI is InChI=1S/C10H13NO3/c1-14-10(13)8(11)6-7-4-2-3-5-9(7)12/h2-5,8,12H,6,11H2,1H3/t8-/m0/s1. The van der Waals surface area contributed by atoms with E-state index in [1.165, 1.54) is 7.11 Å². The molecule has 0 fully saturated rings.